The molecule has 1 saturated heterocycles. The molecule has 2 heterocycles. The lowest BCUT2D eigenvalue weighted by molar-refractivity contribution is 0.0777. The van der Waals surface area contributed by atoms with Gasteiger partial charge in [0, 0.05) is 13.1 Å². The predicted molar refractivity (Wildman–Crippen MR) is 38.3 cm³/mol. The van der Waals surface area contributed by atoms with Crippen molar-refractivity contribution in [1.29, 1.82) is 0 Å². The third-order valence-electron chi connectivity index (χ3n) is 1.91. The van der Waals surface area contributed by atoms with E-state index in [0.717, 1.165) is 25.9 Å². The van der Waals surface area contributed by atoms with Gasteiger partial charge in [-0.2, -0.15) is 4.98 Å². The fourth-order valence-electron chi connectivity index (χ4n) is 1.30. The Morgan fingerprint density at radius 2 is 2.25 bits per heavy atom. The Bertz CT molecular complexity index is 264. The number of likely N-dealkylation sites (tertiary alicyclic amines) is 1. The minimum atomic E-state index is -0.155. The zero-order valence-electron chi connectivity index (χ0n) is 6.49. The number of carbonyl (C=O) groups excluding carboxylic acids is 1. The molecule has 0 saturated carbocycles. The van der Waals surface area contributed by atoms with E-state index < -0.39 is 0 Å². The van der Waals surface area contributed by atoms with Gasteiger partial charge in [0.25, 0.3) is 11.7 Å². The summed E-state index contributed by atoms with van der Waals surface area (Å²) in [6.07, 6.45) is 4.28. The van der Waals surface area contributed by atoms with Crippen molar-refractivity contribution < 1.29 is 9.32 Å². The van der Waals surface area contributed by atoms with Crippen molar-refractivity contribution in [2.45, 2.75) is 12.8 Å². The lowest BCUT2D eigenvalue weighted by atomic mass is 10.4. The second kappa shape index (κ2) is 2.92. The van der Waals surface area contributed by atoms with E-state index in [9.17, 15) is 4.79 Å². The first-order chi connectivity index (χ1) is 5.88. The number of nitrogens with zero attached hydrogens (tertiary/aromatic N) is 3. The standard InChI is InChI=1S/C7H8N3O2/c11-7(6-8-5-12-9-6)10-3-1-2-4-10/h1-4H2. The zero-order chi connectivity index (χ0) is 8.39. The van der Waals surface area contributed by atoms with Crippen molar-refractivity contribution >= 4 is 5.91 Å². The molecule has 0 unspecified atom stereocenters. The molecule has 1 aromatic rings. The first-order valence-corrected chi connectivity index (χ1v) is 3.87. The maximum absolute atomic E-state index is 11.4. The number of carbonyl (C=O) groups is 1. The molecule has 1 aliphatic rings. The van der Waals surface area contributed by atoms with Gasteiger partial charge in [-0.1, -0.05) is 5.16 Å². The van der Waals surface area contributed by atoms with Gasteiger partial charge in [-0.25, -0.2) is 0 Å². The van der Waals surface area contributed by atoms with E-state index in [4.69, 9.17) is 0 Å². The molecule has 0 bridgehead atoms. The van der Waals surface area contributed by atoms with Crippen LogP contribution in [0.15, 0.2) is 4.52 Å². The summed E-state index contributed by atoms with van der Waals surface area (Å²) >= 11 is 0. The van der Waals surface area contributed by atoms with Crippen LogP contribution in [-0.4, -0.2) is 34.0 Å². The SMILES string of the molecule is O=C(c1n[c]on1)N1CCCC1. The Balaban J connectivity index is 2.09. The third-order valence-corrected chi connectivity index (χ3v) is 1.91. The molecular formula is C7H8N3O2. The Morgan fingerprint density at radius 1 is 1.50 bits per heavy atom. The molecular weight excluding hydrogens is 158 g/mol. The van der Waals surface area contributed by atoms with E-state index in [-0.39, 0.29) is 11.7 Å². The molecule has 1 radical (unpaired) electrons. The molecule has 0 aromatic carbocycles. The first kappa shape index (κ1) is 7.27. The minimum Gasteiger partial charge on any atom is -0.336 e. The summed E-state index contributed by atoms with van der Waals surface area (Å²) in [7, 11) is 0. The van der Waals surface area contributed by atoms with Crippen LogP contribution < -0.4 is 0 Å². The molecule has 1 fully saturated rings. The van der Waals surface area contributed by atoms with Crippen LogP contribution >= 0.6 is 0 Å². The maximum atomic E-state index is 11.4. The summed E-state index contributed by atoms with van der Waals surface area (Å²) < 4.78 is 4.36. The highest BCUT2D eigenvalue weighted by Crippen LogP contribution is 2.09. The molecule has 0 atom stereocenters. The number of hydrogen-bond donors (Lipinski definition) is 0. The van der Waals surface area contributed by atoms with Crippen molar-refractivity contribution in [1.82, 2.24) is 15.0 Å². The van der Waals surface area contributed by atoms with Crippen LogP contribution in [0.3, 0.4) is 0 Å². The Hall–Kier alpha value is -1.39. The summed E-state index contributed by atoms with van der Waals surface area (Å²) in [6.45, 7) is 1.60. The van der Waals surface area contributed by atoms with Crippen molar-refractivity contribution in [2.24, 2.45) is 0 Å². The van der Waals surface area contributed by atoms with Crippen molar-refractivity contribution in [3.63, 3.8) is 0 Å². The summed E-state index contributed by atoms with van der Waals surface area (Å²) in [5.41, 5.74) is 0. The maximum Gasteiger partial charge on any atom is 0.316 e. The lowest BCUT2D eigenvalue weighted by Gasteiger charge is -2.11. The van der Waals surface area contributed by atoms with Crippen LogP contribution in [0.5, 0.6) is 0 Å². The summed E-state index contributed by atoms with van der Waals surface area (Å²) in [5.74, 6) is -0.0469. The second-order valence-electron chi connectivity index (χ2n) is 2.71. The van der Waals surface area contributed by atoms with E-state index in [1.165, 1.54) is 0 Å². The molecule has 0 aliphatic carbocycles. The van der Waals surface area contributed by atoms with Crippen LogP contribution in [0.25, 0.3) is 0 Å². The van der Waals surface area contributed by atoms with Crippen LogP contribution in [0.1, 0.15) is 23.5 Å². The molecule has 0 N–H and O–H groups in total. The van der Waals surface area contributed by atoms with Gasteiger partial charge in [0.1, 0.15) is 0 Å². The smallest absolute Gasteiger partial charge is 0.316 e. The van der Waals surface area contributed by atoms with Gasteiger partial charge in [-0.3, -0.25) is 4.79 Å². The number of rotatable bonds is 1. The fourth-order valence-corrected chi connectivity index (χ4v) is 1.30. The Labute approximate surface area is 69.4 Å². The second-order valence-corrected chi connectivity index (χ2v) is 2.71. The van der Waals surface area contributed by atoms with Gasteiger partial charge < -0.3 is 9.42 Å². The molecule has 1 amide bonds. The Morgan fingerprint density at radius 3 is 2.83 bits per heavy atom. The molecule has 12 heavy (non-hydrogen) atoms. The molecule has 5 nitrogen and oxygen atoms in total. The van der Waals surface area contributed by atoms with Crippen LogP contribution in [-0.2, 0) is 0 Å². The van der Waals surface area contributed by atoms with Gasteiger partial charge in [0.05, 0.1) is 0 Å². The van der Waals surface area contributed by atoms with Crippen LogP contribution in [0.2, 0.25) is 0 Å². The van der Waals surface area contributed by atoms with Gasteiger partial charge in [0.2, 0.25) is 0 Å². The van der Waals surface area contributed by atoms with Gasteiger partial charge >= 0.3 is 6.39 Å². The molecule has 1 aliphatic heterocycles. The largest absolute Gasteiger partial charge is 0.336 e. The zero-order valence-corrected chi connectivity index (χ0v) is 6.49. The predicted octanol–water partition coefficient (Wildman–Crippen LogP) is 0.106. The third kappa shape index (κ3) is 1.17. The lowest BCUT2D eigenvalue weighted by Crippen LogP contribution is -2.28. The minimum absolute atomic E-state index is 0.108. The molecule has 5 heteroatoms. The average molecular weight is 166 g/mol. The van der Waals surface area contributed by atoms with Crippen molar-refractivity contribution in [3.8, 4) is 0 Å². The first-order valence-electron chi connectivity index (χ1n) is 3.87. The normalized spacial score (nSPS) is 16.8. The van der Waals surface area contributed by atoms with E-state index in [0.29, 0.717) is 0 Å². The van der Waals surface area contributed by atoms with E-state index in [1.807, 2.05) is 0 Å². The fraction of sp³-hybridized carbons (Fsp3) is 0.571. The molecule has 2 rings (SSSR count). The topological polar surface area (TPSA) is 59.2 Å². The van der Waals surface area contributed by atoms with E-state index in [1.54, 1.807) is 4.90 Å². The molecule has 0 spiro atoms. The highest BCUT2D eigenvalue weighted by molar-refractivity contribution is 5.90. The van der Waals surface area contributed by atoms with E-state index >= 15 is 0 Å². The van der Waals surface area contributed by atoms with Gasteiger partial charge in [-0.05, 0) is 12.8 Å². The summed E-state index contributed by atoms with van der Waals surface area (Å²) in [4.78, 5) is 16.7. The van der Waals surface area contributed by atoms with E-state index in [2.05, 4.69) is 21.1 Å². The molecule has 1 aromatic heterocycles. The summed E-state index contributed by atoms with van der Waals surface area (Å²) in [5, 5.41) is 3.43. The highest BCUT2D eigenvalue weighted by atomic mass is 16.5. The Kier molecular flexibility index (Phi) is 1.77. The van der Waals surface area contributed by atoms with Crippen molar-refractivity contribution in [2.75, 3.05) is 13.1 Å². The van der Waals surface area contributed by atoms with Crippen molar-refractivity contribution in [3.05, 3.63) is 12.2 Å². The van der Waals surface area contributed by atoms with Crippen LogP contribution in [0, 0.1) is 6.39 Å². The van der Waals surface area contributed by atoms with Gasteiger partial charge in [0.15, 0.2) is 0 Å². The number of amides is 1. The average Bonchev–Trinajstić information content (AvgIpc) is 2.77. The number of hydrogen-bond acceptors (Lipinski definition) is 4. The molecule has 63 valence electrons. The summed E-state index contributed by atoms with van der Waals surface area (Å²) in [6, 6.07) is 0. The highest BCUT2D eigenvalue weighted by Gasteiger charge is 2.22. The number of aromatic nitrogens is 2. The van der Waals surface area contributed by atoms with Gasteiger partial charge in [-0.15, -0.1) is 0 Å². The monoisotopic (exact) mass is 166 g/mol. The quantitative estimate of drug-likeness (QED) is 0.594. The van der Waals surface area contributed by atoms with Crippen LogP contribution in [0.4, 0.5) is 0 Å².